The summed E-state index contributed by atoms with van der Waals surface area (Å²) in [5.74, 6) is 0.738. The maximum absolute atomic E-state index is 10.9. The number of thioether (sulfide) groups is 1. The van der Waals surface area contributed by atoms with Gasteiger partial charge in [0.2, 0.25) is 0 Å². The fraction of sp³-hybridized carbons (Fsp3) is 0.900. The standard InChI is InChI=1S/C10H18O3S/c1-2-3-8(10(12)13)9(11)7-4-5-14-6-7/h7-9,11H,2-6H2,1H3,(H,12,13). The van der Waals surface area contributed by atoms with Crippen LogP contribution < -0.4 is 0 Å². The molecule has 3 nitrogen and oxygen atoms in total. The maximum Gasteiger partial charge on any atom is 0.309 e. The molecule has 1 fully saturated rings. The lowest BCUT2D eigenvalue weighted by Gasteiger charge is -2.23. The molecule has 3 atom stereocenters. The Morgan fingerprint density at radius 3 is 2.79 bits per heavy atom. The summed E-state index contributed by atoms with van der Waals surface area (Å²) in [5, 5.41) is 18.9. The van der Waals surface area contributed by atoms with E-state index in [1.165, 1.54) is 0 Å². The minimum atomic E-state index is -0.851. The summed E-state index contributed by atoms with van der Waals surface area (Å²) in [6.07, 6.45) is 1.70. The average Bonchev–Trinajstić information content (AvgIpc) is 2.65. The first-order valence-corrected chi connectivity index (χ1v) is 6.31. The maximum atomic E-state index is 10.9. The van der Waals surface area contributed by atoms with E-state index in [2.05, 4.69) is 0 Å². The summed E-state index contributed by atoms with van der Waals surface area (Å²) in [6, 6.07) is 0. The van der Waals surface area contributed by atoms with E-state index < -0.39 is 18.0 Å². The molecule has 1 heterocycles. The van der Waals surface area contributed by atoms with Gasteiger partial charge in [-0.15, -0.1) is 0 Å². The molecule has 0 bridgehead atoms. The van der Waals surface area contributed by atoms with Crippen molar-refractivity contribution in [2.45, 2.75) is 32.3 Å². The number of hydrogen-bond acceptors (Lipinski definition) is 3. The number of aliphatic hydroxyl groups excluding tert-OH is 1. The quantitative estimate of drug-likeness (QED) is 0.736. The molecule has 1 saturated heterocycles. The third-order valence-corrected chi connectivity index (χ3v) is 3.97. The van der Waals surface area contributed by atoms with E-state index in [1.807, 2.05) is 6.92 Å². The van der Waals surface area contributed by atoms with Crippen molar-refractivity contribution in [3.8, 4) is 0 Å². The fourth-order valence-electron chi connectivity index (χ4n) is 1.90. The molecular weight excluding hydrogens is 200 g/mol. The van der Waals surface area contributed by atoms with Gasteiger partial charge in [-0.2, -0.15) is 11.8 Å². The van der Waals surface area contributed by atoms with Crippen LogP contribution in [0.4, 0.5) is 0 Å². The van der Waals surface area contributed by atoms with Gasteiger partial charge in [-0.3, -0.25) is 4.79 Å². The van der Waals surface area contributed by atoms with Crippen molar-refractivity contribution in [1.82, 2.24) is 0 Å². The molecule has 0 radical (unpaired) electrons. The zero-order valence-corrected chi connectivity index (χ0v) is 9.30. The number of carboxylic acid groups (broad SMARTS) is 1. The first-order chi connectivity index (χ1) is 6.66. The molecule has 0 aromatic rings. The van der Waals surface area contributed by atoms with E-state index in [4.69, 9.17) is 5.11 Å². The highest BCUT2D eigenvalue weighted by Crippen LogP contribution is 2.30. The van der Waals surface area contributed by atoms with Crippen molar-refractivity contribution >= 4 is 17.7 Å². The Balaban J connectivity index is 2.52. The van der Waals surface area contributed by atoms with Crippen LogP contribution >= 0.6 is 11.8 Å². The lowest BCUT2D eigenvalue weighted by molar-refractivity contribution is -0.147. The second-order valence-electron chi connectivity index (χ2n) is 3.85. The van der Waals surface area contributed by atoms with Crippen molar-refractivity contribution in [2.24, 2.45) is 11.8 Å². The molecule has 2 N–H and O–H groups in total. The molecule has 0 amide bonds. The van der Waals surface area contributed by atoms with Gasteiger partial charge in [-0.25, -0.2) is 0 Å². The zero-order chi connectivity index (χ0) is 10.6. The molecule has 0 saturated carbocycles. The van der Waals surface area contributed by atoms with Crippen molar-refractivity contribution in [3.63, 3.8) is 0 Å². The van der Waals surface area contributed by atoms with Gasteiger partial charge in [0.25, 0.3) is 0 Å². The molecule has 82 valence electrons. The number of aliphatic carboxylic acids is 1. The number of carboxylic acids is 1. The van der Waals surface area contributed by atoms with Crippen molar-refractivity contribution in [1.29, 1.82) is 0 Å². The van der Waals surface area contributed by atoms with Crippen LogP contribution in [0.25, 0.3) is 0 Å². The van der Waals surface area contributed by atoms with Crippen LogP contribution in [0.2, 0.25) is 0 Å². The van der Waals surface area contributed by atoms with Crippen LogP contribution in [0.5, 0.6) is 0 Å². The molecule has 14 heavy (non-hydrogen) atoms. The second kappa shape index (κ2) is 5.61. The largest absolute Gasteiger partial charge is 0.481 e. The summed E-state index contributed by atoms with van der Waals surface area (Å²) < 4.78 is 0. The van der Waals surface area contributed by atoms with E-state index in [1.54, 1.807) is 11.8 Å². The Hall–Kier alpha value is -0.220. The molecule has 0 aliphatic carbocycles. The molecular formula is C10H18O3S. The zero-order valence-electron chi connectivity index (χ0n) is 8.48. The Bertz CT molecular complexity index is 190. The average molecular weight is 218 g/mol. The summed E-state index contributed by atoms with van der Waals surface area (Å²) in [7, 11) is 0. The molecule has 3 unspecified atom stereocenters. The predicted octanol–water partition coefficient (Wildman–Crippen LogP) is 1.60. The van der Waals surface area contributed by atoms with Crippen LogP contribution in [0, 0.1) is 11.8 Å². The van der Waals surface area contributed by atoms with Crippen molar-refractivity contribution in [2.75, 3.05) is 11.5 Å². The Kier molecular flexibility index (Phi) is 4.75. The van der Waals surface area contributed by atoms with Gasteiger partial charge in [0.05, 0.1) is 12.0 Å². The van der Waals surface area contributed by atoms with Gasteiger partial charge < -0.3 is 10.2 Å². The summed E-state index contributed by atoms with van der Waals surface area (Å²) in [5.41, 5.74) is 0. The van der Waals surface area contributed by atoms with Crippen molar-refractivity contribution in [3.05, 3.63) is 0 Å². The summed E-state index contributed by atoms with van der Waals surface area (Å²) in [4.78, 5) is 10.9. The van der Waals surface area contributed by atoms with E-state index in [-0.39, 0.29) is 5.92 Å². The SMILES string of the molecule is CCCC(C(=O)O)C(O)C1CCSC1. The highest BCUT2D eigenvalue weighted by molar-refractivity contribution is 7.99. The minimum Gasteiger partial charge on any atom is -0.481 e. The van der Waals surface area contributed by atoms with Gasteiger partial charge in [0.15, 0.2) is 0 Å². The van der Waals surface area contributed by atoms with E-state index in [0.29, 0.717) is 6.42 Å². The highest BCUT2D eigenvalue weighted by Gasteiger charge is 2.33. The highest BCUT2D eigenvalue weighted by atomic mass is 32.2. The Morgan fingerprint density at radius 1 is 1.64 bits per heavy atom. The van der Waals surface area contributed by atoms with Gasteiger partial charge in [-0.1, -0.05) is 13.3 Å². The fourth-order valence-corrected chi connectivity index (χ4v) is 3.20. The summed E-state index contributed by atoms with van der Waals surface area (Å²) >= 11 is 1.80. The van der Waals surface area contributed by atoms with Gasteiger partial charge in [-0.05, 0) is 30.3 Å². The van der Waals surface area contributed by atoms with Crippen LogP contribution in [-0.2, 0) is 4.79 Å². The molecule has 0 spiro atoms. The molecule has 1 rings (SSSR count). The first kappa shape index (κ1) is 11.9. The van der Waals surface area contributed by atoms with Crippen LogP contribution in [0.1, 0.15) is 26.2 Å². The molecule has 1 aliphatic rings. The van der Waals surface area contributed by atoms with E-state index in [0.717, 1.165) is 24.3 Å². The number of carbonyl (C=O) groups is 1. The molecule has 0 aromatic heterocycles. The van der Waals surface area contributed by atoms with Crippen LogP contribution in [0.3, 0.4) is 0 Å². The number of hydrogen-bond donors (Lipinski definition) is 2. The molecule has 0 aromatic carbocycles. The minimum absolute atomic E-state index is 0.188. The number of aliphatic hydroxyl groups is 1. The van der Waals surface area contributed by atoms with Gasteiger partial charge in [0.1, 0.15) is 0 Å². The topological polar surface area (TPSA) is 57.5 Å². The smallest absolute Gasteiger partial charge is 0.309 e. The predicted molar refractivity (Wildman–Crippen MR) is 57.5 cm³/mol. The van der Waals surface area contributed by atoms with Crippen molar-refractivity contribution < 1.29 is 15.0 Å². The molecule has 1 aliphatic heterocycles. The van der Waals surface area contributed by atoms with Gasteiger partial charge in [0, 0.05) is 0 Å². The lowest BCUT2D eigenvalue weighted by Crippen LogP contribution is -2.34. The lowest BCUT2D eigenvalue weighted by atomic mass is 9.87. The van der Waals surface area contributed by atoms with Crippen LogP contribution in [-0.4, -0.2) is 33.8 Å². The third kappa shape index (κ3) is 2.89. The summed E-state index contributed by atoms with van der Waals surface area (Å²) in [6.45, 7) is 1.95. The first-order valence-electron chi connectivity index (χ1n) is 5.15. The van der Waals surface area contributed by atoms with Gasteiger partial charge >= 0.3 is 5.97 Å². The second-order valence-corrected chi connectivity index (χ2v) is 5.00. The number of rotatable bonds is 5. The molecule has 4 heteroatoms. The van der Waals surface area contributed by atoms with E-state index >= 15 is 0 Å². The van der Waals surface area contributed by atoms with Crippen LogP contribution in [0.15, 0.2) is 0 Å². The Morgan fingerprint density at radius 2 is 2.36 bits per heavy atom. The van der Waals surface area contributed by atoms with E-state index in [9.17, 15) is 9.90 Å². The third-order valence-electron chi connectivity index (χ3n) is 2.78. The Labute approximate surface area is 88.9 Å². The monoisotopic (exact) mass is 218 g/mol. The normalized spacial score (nSPS) is 26.0.